The number of carbonyl (C=O) groups excluding carboxylic acids is 1. The van der Waals surface area contributed by atoms with Crippen molar-refractivity contribution < 1.29 is 13.2 Å². The van der Waals surface area contributed by atoms with E-state index in [4.69, 9.17) is 0 Å². The van der Waals surface area contributed by atoms with Crippen LogP contribution < -0.4 is 10.0 Å². The third kappa shape index (κ3) is 5.30. The third-order valence-corrected chi connectivity index (χ3v) is 6.06. The highest BCUT2D eigenvalue weighted by molar-refractivity contribution is 8.00. The van der Waals surface area contributed by atoms with Crippen LogP contribution in [0.25, 0.3) is 0 Å². The Balaban J connectivity index is 1.63. The van der Waals surface area contributed by atoms with Crippen molar-refractivity contribution in [1.29, 1.82) is 0 Å². The number of nitrogens with zero attached hydrogens (tertiary/aromatic N) is 2. The number of rotatable bonds is 7. The average molecular weight is 415 g/mol. The molecule has 2 N–H and O–H groups in total. The maximum absolute atomic E-state index is 12.4. The van der Waals surface area contributed by atoms with E-state index in [9.17, 15) is 13.2 Å². The van der Waals surface area contributed by atoms with Crippen molar-refractivity contribution in [3.63, 3.8) is 0 Å². The van der Waals surface area contributed by atoms with Crippen molar-refractivity contribution in [3.05, 3.63) is 73.1 Å². The van der Waals surface area contributed by atoms with Gasteiger partial charge in [-0.3, -0.25) is 9.52 Å². The Kier molecular flexibility index (Phi) is 6.27. The average Bonchev–Trinajstić information content (AvgIpc) is 2.69. The van der Waals surface area contributed by atoms with Crippen molar-refractivity contribution in [1.82, 2.24) is 9.97 Å². The number of hydrogen-bond donors (Lipinski definition) is 2. The standard InChI is InChI=1S/C19H18N4O3S2/c1-14(27-18-7-3-5-13-21-18)19(24)22-15-8-10-16(11-9-15)28(25,26)23-17-6-2-4-12-20-17/h2-14H,1H3,(H,20,23)(H,22,24). The molecule has 1 atom stereocenters. The number of amides is 1. The summed E-state index contributed by atoms with van der Waals surface area (Å²) in [6.45, 7) is 1.78. The first-order valence-corrected chi connectivity index (χ1v) is 10.7. The number of benzene rings is 1. The topological polar surface area (TPSA) is 101 Å². The first-order valence-electron chi connectivity index (χ1n) is 8.36. The van der Waals surface area contributed by atoms with Crippen LogP contribution in [-0.2, 0) is 14.8 Å². The smallest absolute Gasteiger partial charge is 0.263 e. The highest BCUT2D eigenvalue weighted by atomic mass is 32.2. The zero-order valence-electron chi connectivity index (χ0n) is 14.9. The minimum atomic E-state index is -3.75. The summed E-state index contributed by atoms with van der Waals surface area (Å²) < 4.78 is 27.2. The molecule has 2 aromatic heterocycles. The van der Waals surface area contributed by atoms with Crippen LogP contribution in [-0.4, -0.2) is 29.5 Å². The molecule has 0 aliphatic carbocycles. The lowest BCUT2D eigenvalue weighted by Crippen LogP contribution is -2.22. The van der Waals surface area contributed by atoms with E-state index >= 15 is 0 Å². The van der Waals surface area contributed by atoms with Gasteiger partial charge in [0.15, 0.2) is 0 Å². The first-order chi connectivity index (χ1) is 13.4. The Morgan fingerprint density at radius 2 is 1.64 bits per heavy atom. The van der Waals surface area contributed by atoms with Gasteiger partial charge in [0.25, 0.3) is 10.0 Å². The van der Waals surface area contributed by atoms with Gasteiger partial charge in [0, 0.05) is 18.1 Å². The molecule has 1 aromatic carbocycles. The van der Waals surface area contributed by atoms with Crippen LogP contribution in [0.3, 0.4) is 0 Å². The van der Waals surface area contributed by atoms with Gasteiger partial charge in [0.05, 0.1) is 15.2 Å². The molecule has 1 amide bonds. The monoisotopic (exact) mass is 414 g/mol. The van der Waals surface area contributed by atoms with E-state index in [-0.39, 0.29) is 21.9 Å². The number of sulfonamides is 1. The number of thioether (sulfide) groups is 1. The summed E-state index contributed by atoms with van der Waals surface area (Å²) in [4.78, 5) is 20.5. The van der Waals surface area contributed by atoms with E-state index in [2.05, 4.69) is 20.0 Å². The third-order valence-electron chi connectivity index (χ3n) is 3.64. The fraction of sp³-hybridized carbons (Fsp3) is 0.105. The van der Waals surface area contributed by atoms with Crippen LogP contribution >= 0.6 is 11.8 Å². The van der Waals surface area contributed by atoms with Crippen molar-refractivity contribution in [3.8, 4) is 0 Å². The predicted octanol–water partition coefficient (Wildman–Crippen LogP) is 3.40. The summed E-state index contributed by atoms with van der Waals surface area (Å²) in [6.07, 6.45) is 3.17. The van der Waals surface area contributed by atoms with Crippen LogP contribution in [0.5, 0.6) is 0 Å². The molecule has 7 nitrogen and oxygen atoms in total. The van der Waals surface area contributed by atoms with E-state index in [1.807, 2.05) is 18.2 Å². The zero-order valence-corrected chi connectivity index (χ0v) is 16.6. The van der Waals surface area contributed by atoms with Gasteiger partial charge >= 0.3 is 0 Å². The molecule has 0 saturated heterocycles. The lowest BCUT2D eigenvalue weighted by atomic mass is 10.3. The van der Waals surface area contributed by atoms with Gasteiger partial charge in [0.1, 0.15) is 5.82 Å². The second kappa shape index (κ2) is 8.85. The zero-order chi connectivity index (χ0) is 20.0. The highest BCUT2D eigenvalue weighted by Gasteiger charge is 2.17. The van der Waals surface area contributed by atoms with E-state index in [1.54, 1.807) is 43.5 Å². The number of hydrogen-bond acceptors (Lipinski definition) is 6. The summed E-state index contributed by atoms with van der Waals surface area (Å²) in [7, 11) is -3.75. The Labute approximate surface area is 167 Å². The SMILES string of the molecule is CC(Sc1ccccn1)C(=O)Nc1ccc(S(=O)(=O)Nc2ccccn2)cc1. The lowest BCUT2D eigenvalue weighted by Gasteiger charge is -2.12. The molecule has 0 aliphatic rings. The Morgan fingerprint density at radius 3 is 2.25 bits per heavy atom. The van der Waals surface area contributed by atoms with Crippen molar-refractivity contribution in [2.45, 2.75) is 22.1 Å². The van der Waals surface area contributed by atoms with E-state index < -0.39 is 10.0 Å². The Morgan fingerprint density at radius 1 is 0.964 bits per heavy atom. The Hall–Kier alpha value is -2.91. The molecule has 0 spiro atoms. The van der Waals surface area contributed by atoms with Gasteiger partial charge < -0.3 is 5.32 Å². The summed E-state index contributed by atoms with van der Waals surface area (Å²) in [5.74, 6) is 0.0399. The van der Waals surface area contributed by atoms with Crippen LogP contribution in [0.1, 0.15) is 6.92 Å². The van der Waals surface area contributed by atoms with Crippen molar-refractivity contribution >= 4 is 39.2 Å². The largest absolute Gasteiger partial charge is 0.325 e. The molecule has 9 heteroatoms. The summed E-state index contributed by atoms with van der Waals surface area (Å²) >= 11 is 1.34. The molecule has 0 fully saturated rings. The summed E-state index contributed by atoms with van der Waals surface area (Å²) in [5.41, 5.74) is 0.509. The highest BCUT2D eigenvalue weighted by Crippen LogP contribution is 2.22. The van der Waals surface area contributed by atoms with E-state index in [0.29, 0.717) is 5.69 Å². The van der Waals surface area contributed by atoms with Gasteiger partial charge in [-0.15, -0.1) is 0 Å². The number of carbonyl (C=O) groups is 1. The van der Waals surface area contributed by atoms with Gasteiger partial charge in [-0.1, -0.05) is 23.9 Å². The van der Waals surface area contributed by atoms with Crippen LogP contribution in [0.2, 0.25) is 0 Å². The predicted molar refractivity (Wildman–Crippen MR) is 110 cm³/mol. The maximum Gasteiger partial charge on any atom is 0.263 e. The molecule has 0 saturated carbocycles. The van der Waals surface area contributed by atoms with Gasteiger partial charge in [-0.25, -0.2) is 18.4 Å². The van der Waals surface area contributed by atoms with Gasteiger partial charge in [0.2, 0.25) is 5.91 Å². The van der Waals surface area contributed by atoms with E-state index in [0.717, 1.165) is 5.03 Å². The number of anilines is 2. The van der Waals surface area contributed by atoms with Crippen molar-refractivity contribution in [2.24, 2.45) is 0 Å². The van der Waals surface area contributed by atoms with Crippen LogP contribution in [0.15, 0.2) is 83.0 Å². The quantitative estimate of drug-likeness (QED) is 0.575. The molecular weight excluding hydrogens is 396 g/mol. The molecule has 0 aliphatic heterocycles. The number of pyridine rings is 2. The maximum atomic E-state index is 12.4. The molecule has 1 unspecified atom stereocenters. The van der Waals surface area contributed by atoms with Gasteiger partial charge in [-0.2, -0.15) is 0 Å². The lowest BCUT2D eigenvalue weighted by molar-refractivity contribution is -0.115. The van der Waals surface area contributed by atoms with Crippen LogP contribution in [0.4, 0.5) is 11.5 Å². The number of aromatic nitrogens is 2. The number of nitrogens with one attached hydrogen (secondary N) is 2. The molecule has 2 heterocycles. The van der Waals surface area contributed by atoms with Crippen LogP contribution in [0, 0.1) is 0 Å². The summed E-state index contributed by atoms with van der Waals surface area (Å²) in [5, 5.41) is 3.17. The Bertz CT molecular complexity index is 1030. The second-order valence-corrected chi connectivity index (χ2v) is 8.81. The fourth-order valence-corrected chi connectivity index (χ4v) is 4.05. The molecule has 28 heavy (non-hydrogen) atoms. The molecule has 0 radical (unpaired) electrons. The summed E-state index contributed by atoms with van der Waals surface area (Å²) in [6, 6.07) is 16.4. The molecular formula is C19H18N4O3S2. The molecule has 0 bridgehead atoms. The minimum Gasteiger partial charge on any atom is -0.325 e. The molecule has 3 aromatic rings. The first kappa shape index (κ1) is 19.8. The van der Waals surface area contributed by atoms with Crippen molar-refractivity contribution in [2.75, 3.05) is 10.0 Å². The fourth-order valence-electron chi connectivity index (χ4n) is 2.23. The van der Waals surface area contributed by atoms with Gasteiger partial charge in [-0.05, 0) is 55.5 Å². The van der Waals surface area contributed by atoms with E-state index in [1.165, 1.54) is 30.1 Å². The normalized spacial score (nSPS) is 12.2. The molecule has 144 valence electrons. The second-order valence-electron chi connectivity index (χ2n) is 5.76. The molecule has 3 rings (SSSR count). The minimum absolute atomic E-state index is 0.0760.